The fraction of sp³-hybridized carbons (Fsp3) is 0.278. The first-order valence-corrected chi connectivity index (χ1v) is 17.2. The zero-order chi connectivity index (χ0) is 34.4. The van der Waals surface area contributed by atoms with E-state index in [-0.39, 0.29) is 39.5 Å². The second-order valence-electron chi connectivity index (χ2n) is 12.2. The van der Waals surface area contributed by atoms with Gasteiger partial charge in [-0.25, -0.2) is 8.42 Å². The summed E-state index contributed by atoms with van der Waals surface area (Å²) in [5.41, 5.74) is 1.95. The van der Waals surface area contributed by atoms with Gasteiger partial charge in [0.2, 0.25) is 11.8 Å². The number of rotatable bonds is 12. The molecule has 1 unspecified atom stereocenters. The van der Waals surface area contributed by atoms with Crippen LogP contribution in [0.2, 0.25) is 10.0 Å². The van der Waals surface area contributed by atoms with Crippen molar-refractivity contribution in [3.8, 4) is 5.75 Å². The maximum absolute atomic E-state index is 14.6. The predicted molar refractivity (Wildman–Crippen MR) is 188 cm³/mol. The summed E-state index contributed by atoms with van der Waals surface area (Å²) in [6, 6.07) is 26.3. The second kappa shape index (κ2) is 15.2. The molecule has 0 aliphatic heterocycles. The number of carbonyl (C=O) groups is 2. The molecule has 4 rings (SSSR count). The first-order valence-electron chi connectivity index (χ1n) is 15.0. The number of hydrogen-bond donors (Lipinski definition) is 1. The molecule has 4 aromatic rings. The van der Waals surface area contributed by atoms with Crippen molar-refractivity contribution in [1.29, 1.82) is 0 Å². The number of benzene rings is 4. The molecule has 248 valence electrons. The summed E-state index contributed by atoms with van der Waals surface area (Å²) >= 11 is 12.5. The number of nitrogens with zero attached hydrogens (tertiary/aromatic N) is 2. The van der Waals surface area contributed by atoms with Gasteiger partial charge in [-0.2, -0.15) is 0 Å². The van der Waals surface area contributed by atoms with Crippen LogP contribution in [0.3, 0.4) is 0 Å². The van der Waals surface area contributed by atoms with E-state index in [4.69, 9.17) is 27.9 Å². The van der Waals surface area contributed by atoms with E-state index >= 15 is 0 Å². The van der Waals surface area contributed by atoms with Crippen LogP contribution in [0.4, 0.5) is 5.69 Å². The van der Waals surface area contributed by atoms with Crippen molar-refractivity contribution in [2.45, 2.75) is 57.1 Å². The van der Waals surface area contributed by atoms with E-state index < -0.39 is 34.1 Å². The quantitative estimate of drug-likeness (QED) is 0.171. The molecular formula is C36H39Cl2N3O5S. The van der Waals surface area contributed by atoms with E-state index in [0.717, 1.165) is 15.4 Å². The summed E-state index contributed by atoms with van der Waals surface area (Å²) in [4.78, 5) is 30.1. The van der Waals surface area contributed by atoms with Gasteiger partial charge in [-0.3, -0.25) is 13.9 Å². The summed E-state index contributed by atoms with van der Waals surface area (Å²) in [7, 11) is -2.74. The fourth-order valence-corrected chi connectivity index (χ4v) is 6.68. The van der Waals surface area contributed by atoms with Crippen LogP contribution in [0.1, 0.15) is 37.5 Å². The lowest BCUT2D eigenvalue weighted by Gasteiger charge is -2.35. The Hall–Kier alpha value is -4.05. The number of halogens is 2. The number of amides is 2. The third-order valence-corrected chi connectivity index (χ3v) is 9.86. The lowest BCUT2D eigenvalue weighted by atomic mass is 10.0. The average Bonchev–Trinajstić information content (AvgIpc) is 3.02. The lowest BCUT2D eigenvalue weighted by molar-refractivity contribution is -0.140. The van der Waals surface area contributed by atoms with Gasteiger partial charge in [0.1, 0.15) is 18.3 Å². The Morgan fingerprint density at radius 2 is 1.51 bits per heavy atom. The molecule has 0 aliphatic rings. The van der Waals surface area contributed by atoms with Crippen molar-refractivity contribution in [2.24, 2.45) is 0 Å². The highest BCUT2D eigenvalue weighted by molar-refractivity contribution is 7.92. The Morgan fingerprint density at radius 3 is 2.13 bits per heavy atom. The molecule has 11 heteroatoms. The molecule has 1 N–H and O–H groups in total. The maximum atomic E-state index is 14.6. The number of carbonyl (C=O) groups excluding carboxylic acids is 2. The minimum atomic E-state index is -4.28. The number of sulfonamides is 1. The lowest BCUT2D eigenvalue weighted by Crippen LogP contribution is -2.56. The fourth-order valence-electron chi connectivity index (χ4n) is 4.98. The summed E-state index contributed by atoms with van der Waals surface area (Å²) in [6.07, 6.45) is 0.190. The molecular weight excluding hydrogens is 657 g/mol. The van der Waals surface area contributed by atoms with Crippen LogP contribution in [0.5, 0.6) is 5.75 Å². The van der Waals surface area contributed by atoms with E-state index in [1.807, 2.05) is 64.1 Å². The molecule has 0 heterocycles. The molecule has 0 fully saturated rings. The Bertz CT molecular complexity index is 1810. The van der Waals surface area contributed by atoms with Crippen LogP contribution in [0.15, 0.2) is 102 Å². The van der Waals surface area contributed by atoms with Gasteiger partial charge in [-0.1, -0.05) is 83.4 Å². The van der Waals surface area contributed by atoms with Crippen molar-refractivity contribution >= 4 is 50.7 Å². The van der Waals surface area contributed by atoms with Crippen LogP contribution >= 0.6 is 23.2 Å². The zero-order valence-corrected chi connectivity index (χ0v) is 29.4. The van der Waals surface area contributed by atoms with Crippen LogP contribution < -0.4 is 14.4 Å². The summed E-state index contributed by atoms with van der Waals surface area (Å²) in [5, 5.41) is 3.38. The summed E-state index contributed by atoms with van der Waals surface area (Å²) in [5.74, 6) is -0.396. The van der Waals surface area contributed by atoms with Gasteiger partial charge >= 0.3 is 0 Å². The highest BCUT2D eigenvalue weighted by Gasteiger charge is 2.35. The van der Waals surface area contributed by atoms with E-state index in [2.05, 4.69) is 5.32 Å². The molecule has 2 amide bonds. The molecule has 47 heavy (non-hydrogen) atoms. The molecule has 0 bridgehead atoms. The van der Waals surface area contributed by atoms with E-state index in [1.165, 1.54) is 35.2 Å². The van der Waals surface area contributed by atoms with E-state index in [1.54, 1.807) is 37.4 Å². The first-order chi connectivity index (χ1) is 22.2. The molecule has 8 nitrogen and oxygen atoms in total. The molecule has 0 aliphatic carbocycles. The van der Waals surface area contributed by atoms with Crippen LogP contribution in [-0.2, 0) is 32.6 Å². The molecule has 0 saturated carbocycles. The molecule has 1 atom stereocenters. The normalized spacial score (nSPS) is 12.2. The number of aryl methyl sites for hydroxylation is 1. The van der Waals surface area contributed by atoms with E-state index in [0.29, 0.717) is 11.3 Å². The Balaban J connectivity index is 1.84. The third-order valence-electron chi connectivity index (χ3n) is 7.34. The number of anilines is 1. The standard InChI is InChI=1S/C36H39Cl2N3O5S/c1-25-14-17-30(18-15-25)47(44,45)41(28-16-19-31(37)32(38)22-28)24-34(42)40(23-27-12-9-13-29(20-27)46-5)33(35(43)39-36(2,3)4)21-26-10-7-6-8-11-26/h6-20,22,33H,21,23-24H2,1-5H3,(H,39,43). The van der Waals surface area contributed by atoms with Crippen molar-refractivity contribution in [2.75, 3.05) is 18.0 Å². The molecule has 0 saturated heterocycles. The molecule has 0 spiro atoms. The van der Waals surface area contributed by atoms with Gasteiger partial charge < -0.3 is 15.0 Å². The minimum absolute atomic E-state index is 0.00485. The zero-order valence-electron chi connectivity index (χ0n) is 27.0. The van der Waals surface area contributed by atoms with Crippen LogP contribution in [0, 0.1) is 6.92 Å². The first kappa shape index (κ1) is 35.8. The van der Waals surface area contributed by atoms with Gasteiger partial charge in [-0.15, -0.1) is 0 Å². The van der Waals surface area contributed by atoms with Crippen LogP contribution in [0.25, 0.3) is 0 Å². The Labute approximate surface area is 287 Å². The number of hydrogen-bond acceptors (Lipinski definition) is 5. The largest absolute Gasteiger partial charge is 0.497 e. The second-order valence-corrected chi connectivity index (χ2v) is 14.9. The van der Waals surface area contributed by atoms with Gasteiger partial charge in [0.15, 0.2) is 0 Å². The smallest absolute Gasteiger partial charge is 0.264 e. The molecule has 4 aromatic carbocycles. The van der Waals surface area contributed by atoms with Crippen molar-refractivity contribution in [3.63, 3.8) is 0 Å². The van der Waals surface area contributed by atoms with Crippen molar-refractivity contribution in [1.82, 2.24) is 10.2 Å². The van der Waals surface area contributed by atoms with Crippen molar-refractivity contribution in [3.05, 3.63) is 124 Å². The van der Waals surface area contributed by atoms with Gasteiger partial charge in [0.25, 0.3) is 10.0 Å². The highest BCUT2D eigenvalue weighted by atomic mass is 35.5. The van der Waals surface area contributed by atoms with Crippen molar-refractivity contribution < 1.29 is 22.7 Å². The number of nitrogens with one attached hydrogen (secondary N) is 1. The number of ether oxygens (including phenoxy) is 1. The highest BCUT2D eigenvalue weighted by Crippen LogP contribution is 2.31. The van der Waals surface area contributed by atoms with Gasteiger partial charge in [0, 0.05) is 18.5 Å². The Kier molecular flexibility index (Phi) is 11.6. The molecule has 0 aromatic heterocycles. The average molecular weight is 697 g/mol. The van der Waals surface area contributed by atoms with Gasteiger partial charge in [-0.05, 0) is 81.3 Å². The molecule has 0 radical (unpaired) electrons. The SMILES string of the molecule is COc1cccc(CN(C(=O)CN(c2ccc(Cl)c(Cl)c2)S(=O)(=O)c2ccc(C)cc2)C(Cc2ccccc2)C(=O)NC(C)(C)C)c1. The van der Waals surface area contributed by atoms with E-state index in [9.17, 15) is 18.0 Å². The van der Waals surface area contributed by atoms with Gasteiger partial charge in [0.05, 0.1) is 27.7 Å². The number of methoxy groups -OCH3 is 1. The predicted octanol–water partition coefficient (Wildman–Crippen LogP) is 7.06. The monoisotopic (exact) mass is 695 g/mol. The summed E-state index contributed by atoms with van der Waals surface area (Å²) in [6.45, 7) is 6.82. The van der Waals surface area contributed by atoms with Crippen LogP contribution in [-0.4, -0.2) is 50.4 Å². The topological polar surface area (TPSA) is 96.0 Å². The maximum Gasteiger partial charge on any atom is 0.264 e. The minimum Gasteiger partial charge on any atom is -0.497 e. The summed E-state index contributed by atoms with van der Waals surface area (Å²) < 4.78 is 34.8. The Morgan fingerprint density at radius 1 is 0.851 bits per heavy atom. The third kappa shape index (κ3) is 9.50.